The molecule has 0 aromatic heterocycles. The van der Waals surface area contributed by atoms with Gasteiger partial charge in [0.1, 0.15) is 5.75 Å². The van der Waals surface area contributed by atoms with Gasteiger partial charge < -0.3 is 4.74 Å². The van der Waals surface area contributed by atoms with Crippen LogP contribution in [0, 0.1) is 0 Å². The molecule has 2 aromatic rings. The predicted octanol–water partition coefficient (Wildman–Crippen LogP) is 4.72. The summed E-state index contributed by atoms with van der Waals surface area (Å²) in [6.45, 7) is 0.625. The van der Waals surface area contributed by atoms with Gasteiger partial charge in [0.05, 0.1) is 6.61 Å². The highest BCUT2D eigenvalue weighted by Crippen LogP contribution is 2.19. The first-order chi connectivity index (χ1) is 8.25. The third-order valence-electron chi connectivity index (χ3n) is 2.39. The van der Waals surface area contributed by atoms with E-state index in [0.717, 1.165) is 27.2 Å². The highest BCUT2D eigenvalue weighted by molar-refractivity contribution is 9.10. The van der Waals surface area contributed by atoms with E-state index in [0.29, 0.717) is 6.61 Å². The van der Waals surface area contributed by atoms with Crippen molar-refractivity contribution < 1.29 is 4.74 Å². The Bertz CT molecular complexity index is 499. The Kier molecular flexibility index (Phi) is 4.46. The van der Waals surface area contributed by atoms with Gasteiger partial charge in [-0.3, -0.25) is 0 Å². The molecule has 88 valence electrons. The second-order valence-electron chi connectivity index (χ2n) is 3.65. The van der Waals surface area contributed by atoms with Gasteiger partial charge in [-0.1, -0.05) is 51.8 Å². The third-order valence-corrected chi connectivity index (χ3v) is 3.26. The van der Waals surface area contributed by atoms with Crippen molar-refractivity contribution in [3.05, 3.63) is 63.6 Å². The first kappa shape index (κ1) is 12.5. The standard InChI is InChI=1S/C14H12BrClO/c15-12-5-3-6-13(10-12)17-9-8-11-4-1-2-7-14(11)16/h1-7,10H,8-9H2. The molecule has 0 radical (unpaired) electrons. The van der Waals surface area contributed by atoms with Crippen molar-refractivity contribution in [3.63, 3.8) is 0 Å². The summed E-state index contributed by atoms with van der Waals surface area (Å²) in [6, 6.07) is 15.7. The second kappa shape index (κ2) is 6.08. The molecule has 0 saturated heterocycles. The Morgan fingerprint density at radius 2 is 1.88 bits per heavy atom. The maximum absolute atomic E-state index is 6.07. The zero-order valence-corrected chi connectivity index (χ0v) is 11.5. The Morgan fingerprint density at radius 1 is 1.06 bits per heavy atom. The fourth-order valence-corrected chi connectivity index (χ4v) is 2.15. The Balaban J connectivity index is 1.90. The Hall–Kier alpha value is -0.990. The van der Waals surface area contributed by atoms with Crippen LogP contribution in [0.5, 0.6) is 5.75 Å². The summed E-state index contributed by atoms with van der Waals surface area (Å²) < 4.78 is 6.68. The molecular formula is C14H12BrClO. The maximum atomic E-state index is 6.07. The molecule has 0 fully saturated rings. The topological polar surface area (TPSA) is 9.23 Å². The zero-order valence-electron chi connectivity index (χ0n) is 9.20. The lowest BCUT2D eigenvalue weighted by molar-refractivity contribution is 0.322. The van der Waals surface area contributed by atoms with Gasteiger partial charge in [-0.05, 0) is 29.8 Å². The van der Waals surface area contributed by atoms with Crippen LogP contribution in [0.15, 0.2) is 53.0 Å². The van der Waals surface area contributed by atoms with Crippen LogP contribution in [-0.2, 0) is 6.42 Å². The van der Waals surface area contributed by atoms with E-state index in [1.807, 2.05) is 48.5 Å². The van der Waals surface area contributed by atoms with Crippen molar-refractivity contribution in [2.75, 3.05) is 6.61 Å². The monoisotopic (exact) mass is 310 g/mol. The van der Waals surface area contributed by atoms with Crippen molar-refractivity contribution in [1.29, 1.82) is 0 Å². The average Bonchev–Trinajstić information content (AvgIpc) is 2.32. The van der Waals surface area contributed by atoms with E-state index >= 15 is 0 Å². The predicted molar refractivity (Wildman–Crippen MR) is 74.8 cm³/mol. The maximum Gasteiger partial charge on any atom is 0.120 e. The lowest BCUT2D eigenvalue weighted by Gasteiger charge is -2.07. The molecule has 0 spiro atoms. The fraction of sp³-hybridized carbons (Fsp3) is 0.143. The minimum absolute atomic E-state index is 0.625. The molecular weight excluding hydrogens is 300 g/mol. The molecule has 2 aromatic carbocycles. The summed E-state index contributed by atoms with van der Waals surface area (Å²) in [6.07, 6.45) is 0.812. The highest BCUT2D eigenvalue weighted by Gasteiger charge is 2.00. The first-order valence-electron chi connectivity index (χ1n) is 5.37. The number of hydrogen-bond acceptors (Lipinski definition) is 1. The molecule has 0 aliphatic carbocycles. The molecule has 17 heavy (non-hydrogen) atoms. The number of hydrogen-bond donors (Lipinski definition) is 0. The number of ether oxygens (including phenoxy) is 1. The summed E-state index contributed by atoms with van der Waals surface area (Å²) in [7, 11) is 0. The van der Waals surface area contributed by atoms with Gasteiger partial charge in [-0.2, -0.15) is 0 Å². The summed E-state index contributed by atoms with van der Waals surface area (Å²) in [4.78, 5) is 0. The summed E-state index contributed by atoms with van der Waals surface area (Å²) >= 11 is 9.48. The quantitative estimate of drug-likeness (QED) is 0.793. The Morgan fingerprint density at radius 3 is 2.65 bits per heavy atom. The van der Waals surface area contributed by atoms with Crippen molar-refractivity contribution in [2.45, 2.75) is 6.42 Å². The Labute approximate surface area is 115 Å². The van der Waals surface area contributed by atoms with Gasteiger partial charge in [0.25, 0.3) is 0 Å². The van der Waals surface area contributed by atoms with Gasteiger partial charge in [0, 0.05) is 15.9 Å². The molecule has 0 aliphatic rings. The van der Waals surface area contributed by atoms with Crippen molar-refractivity contribution in [2.24, 2.45) is 0 Å². The van der Waals surface area contributed by atoms with Crippen molar-refractivity contribution in [3.8, 4) is 5.75 Å². The largest absolute Gasteiger partial charge is 0.493 e. The number of rotatable bonds is 4. The summed E-state index contributed by atoms with van der Waals surface area (Å²) in [5.74, 6) is 0.867. The van der Waals surface area contributed by atoms with E-state index in [1.165, 1.54) is 0 Å². The average molecular weight is 312 g/mol. The molecule has 0 N–H and O–H groups in total. The fourth-order valence-electron chi connectivity index (χ4n) is 1.54. The van der Waals surface area contributed by atoms with E-state index in [-0.39, 0.29) is 0 Å². The molecule has 0 bridgehead atoms. The molecule has 3 heteroatoms. The first-order valence-corrected chi connectivity index (χ1v) is 6.54. The minimum Gasteiger partial charge on any atom is -0.493 e. The SMILES string of the molecule is Clc1ccccc1CCOc1cccc(Br)c1. The smallest absolute Gasteiger partial charge is 0.120 e. The van der Waals surface area contributed by atoms with Crippen LogP contribution >= 0.6 is 27.5 Å². The van der Waals surface area contributed by atoms with Crippen LogP contribution in [0.4, 0.5) is 0 Å². The molecule has 1 nitrogen and oxygen atoms in total. The van der Waals surface area contributed by atoms with E-state index in [9.17, 15) is 0 Å². The van der Waals surface area contributed by atoms with E-state index in [1.54, 1.807) is 0 Å². The zero-order chi connectivity index (χ0) is 12.1. The lowest BCUT2D eigenvalue weighted by atomic mass is 10.2. The highest BCUT2D eigenvalue weighted by atomic mass is 79.9. The summed E-state index contributed by atoms with van der Waals surface area (Å²) in [5.41, 5.74) is 1.11. The lowest BCUT2D eigenvalue weighted by Crippen LogP contribution is -2.01. The molecule has 0 aliphatic heterocycles. The molecule has 0 saturated carbocycles. The normalized spacial score (nSPS) is 10.2. The van der Waals surface area contributed by atoms with Crippen molar-refractivity contribution in [1.82, 2.24) is 0 Å². The van der Waals surface area contributed by atoms with Crippen LogP contribution in [0.2, 0.25) is 5.02 Å². The van der Waals surface area contributed by atoms with E-state index < -0.39 is 0 Å². The minimum atomic E-state index is 0.625. The van der Waals surface area contributed by atoms with E-state index in [2.05, 4.69) is 15.9 Å². The van der Waals surface area contributed by atoms with Gasteiger partial charge in [-0.25, -0.2) is 0 Å². The van der Waals surface area contributed by atoms with Crippen LogP contribution in [-0.4, -0.2) is 6.61 Å². The van der Waals surface area contributed by atoms with Gasteiger partial charge in [-0.15, -0.1) is 0 Å². The molecule has 0 unspecified atom stereocenters. The molecule has 2 rings (SSSR count). The van der Waals surface area contributed by atoms with Crippen molar-refractivity contribution >= 4 is 27.5 Å². The van der Waals surface area contributed by atoms with Gasteiger partial charge in [0.15, 0.2) is 0 Å². The number of benzene rings is 2. The van der Waals surface area contributed by atoms with Crippen LogP contribution in [0.25, 0.3) is 0 Å². The third kappa shape index (κ3) is 3.76. The van der Waals surface area contributed by atoms with Gasteiger partial charge in [0.2, 0.25) is 0 Å². The number of halogens is 2. The van der Waals surface area contributed by atoms with E-state index in [4.69, 9.17) is 16.3 Å². The van der Waals surface area contributed by atoms with Crippen LogP contribution in [0.1, 0.15) is 5.56 Å². The van der Waals surface area contributed by atoms with Crippen LogP contribution in [0.3, 0.4) is 0 Å². The van der Waals surface area contributed by atoms with Crippen LogP contribution < -0.4 is 4.74 Å². The summed E-state index contributed by atoms with van der Waals surface area (Å²) in [5, 5.41) is 0.797. The second-order valence-corrected chi connectivity index (χ2v) is 4.97. The molecule has 0 atom stereocenters. The molecule has 0 amide bonds. The van der Waals surface area contributed by atoms with Gasteiger partial charge >= 0.3 is 0 Å². The molecule has 0 heterocycles.